The summed E-state index contributed by atoms with van der Waals surface area (Å²) in [5.74, 6) is -1.65. The third-order valence-electron chi connectivity index (χ3n) is 9.94. The number of aliphatic hydroxyl groups is 1. The van der Waals surface area contributed by atoms with Crippen molar-refractivity contribution in [2.75, 3.05) is 25.4 Å². The monoisotopic (exact) mass is 992 g/mol. The van der Waals surface area contributed by atoms with Gasteiger partial charge in [0.25, 0.3) is 11.5 Å². The highest BCUT2D eigenvalue weighted by atomic mass is 31.3. The van der Waals surface area contributed by atoms with Crippen LogP contribution < -0.4 is 33.0 Å². The summed E-state index contributed by atoms with van der Waals surface area (Å²) >= 11 is 0. The number of nitrogens with two attached hydrogens (primary N) is 1. The van der Waals surface area contributed by atoms with Gasteiger partial charge in [-0.05, 0) is 60.9 Å². The van der Waals surface area contributed by atoms with Crippen molar-refractivity contribution in [3.05, 3.63) is 110 Å². The Kier molecular flexibility index (Phi) is 15.8. The number of nitrogens with zero attached hydrogens (tertiary/aromatic N) is 1. The number of carboxylic acid groups (broad SMARTS) is 1. The number of nitrogens with one attached hydrogen (secondary N) is 4. The number of aromatic carboxylic acids is 1. The highest BCUT2D eigenvalue weighted by Gasteiger charge is 2.43. The molecule has 0 radical (unpaired) electrons. The lowest BCUT2D eigenvalue weighted by Gasteiger charge is -2.19. The molecule has 1 aromatic heterocycles. The summed E-state index contributed by atoms with van der Waals surface area (Å²) < 4.78 is 58.6. The number of aromatic nitrogens is 2. The van der Waals surface area contributed by atoms with E-state index in [0.717, 1.165) is 10.8 Å². The van der Waals surface area contributed by atoms with Crippen LogP contribution in [0.3, 0.4) is 0 Å². The summed E-state index contributed by atoms with van der Waals surface area (Å²) in [4.78, 5) is 102. The standard InChI is InChI=1S/C39H43N6O19P3/c40-23-8-11-26-30(16-23)61-31-17-24(41)9-12-27(31)35(26)28-15-21(7-10-25(28)38(50)51)36(48)43-13-3-1-2-6-33(47)42-14-4-5-22-19-45(39(52)44-37(22)49)34-18-29(46)32(62-34)20-60-66(56,57)64-67(58,59)63-65(53,54)55/h4-5,7-12,15-17,19,29,32,34,40,46H,1-3,6,13-14,18,20,41H2,(H,42,47)(H,43,48)(H,50,51)(H,56,57)(H,58,59)(H,44,49,52)(H2,53,54,55)/b5-4+,40-23?/t29-,32-,34-/m1/s1. The van der Waals surface area contributed by atoms with Gasteiger partial charge >= 0.3 is 35.1 Å². The molecule has 28 heteroatoms. The van der Waals surface area contributed by atoms with Crippen molar-refractivity contribution in [2.24, 2.45) is 0 Å². The Morgan fingerprint density at radius 3 is 2.43 bits per heavy atom. The van der Waals surface area contributed by atoms with Crippen LogP contribution in [0, 0.1) is 5.41 Å². The van der Waals surface area contributed by atoms with E-state index in [1.165, 1.54) is 36.4 Å². The number of H-pyrrole nitrogens is 1. The van der Waals surface area contributed by atoms with Gasteiger partial charge in [-0.3, -0.25) is 28.5 Å². The molecule has 3 heterocycles. The summed E-state index contributed by atoms with van der Waals surface area (Å²) in [6.07, 6.45) is 1.05. The van der Waals surface area contributed by atoms with Crippen LogP contribution in [-0.4, -0.2) is 89.0 Å². The summed E-state index contributed by atoms with van der Waals surface area (Å²) in [6.45, 7) is -0.738. The Morgan fingerprint density at radius 1 is 0.940 bits per heavy atom. The van der Waals surface area contributed by atoms with Gasteiger partial charge in [0.15, 0.2) is 0 Å². The van der Waals surface area contributed by atoms with Crippen molar-refractivity contribution < 1.29 is 80.2 Å². The van der Waals surface area contributed by atoms with Crippen molar-refractivity contribution in [2.45, 2.75) is 50.5 Å². The molecule has 12 N–H and O–H groups in total. The molecule has 1 saturated heterocycles. The number of phosphoric acid groups is 3. The van der Waals surface area contributed by atoms with Gasteiger partial charge in [-0.15, -0.1) is 0 Å². The molecule has 6 rings (SSSR count). The van der Waals surface area contributed by atoms with E-state index in [1.807, 2.05) is 0 Å². The number of carboxylic acids is 1. The van der Waals surface area contributed by atoms with Gasteiger partial charge in [0, 0.05) is 72.0 Å². The molecule has 0 saturated carbocycles. The highest BCUT2D eigenvalue weighted by molar-refractivity contribution is 7.66. The molecule has 1 fully saturated rings. The Morgan fingerprint density at radius 2 is 1.70 bits per heavy atom. The lowest BCUT2D eigenvalue weighted by atomic mass is 9.89. The number of nitrogen functional groups attached to an aromatic ring is 1. The molecule has 3 aromatic rings. The van der Waals surface area contributed by atoms with E-state index in [2.05, 4.69) is 28.8 Å². The average Bonchev–Trinajstić information content (AvgIpc) is 3.60. The minimum absolute atomic E-state index is 0.0138. The van der Waals surface area contributed by atoms with Gasteiger partial charge in [0.05, 0.1) is 29.2 Å². The fourth-order valence-electron chi connectivity index (χ4n) is 6.95. The molecule has 3 aliphatic rings. The largest absolute Gasteiger partial charge is 0.490 e. The highest BCUT2D eigenvalue weighted by Crippen LogP contribution is 2.66. The zero-order valence-electron chi connectivity index (χ0n) is 34.7. The van der Waals surface area contributed by atoms with Crippen molar-refractivity contribution >= 4 is 64.0 Å². The van der Waals surface area contributed by atoms with Crippen LogP contribution in [0.5, 0.6) is 0 Å². The van der Waals surface area contributed by atoms with Crippen molar-refractivity contribution in [1.29, 1.82) is 5.41 Å². The quantitative estimate of drug-likeness (QED) is 0.0231. The smallest absolute Gasteiger partial charge is 0.478 e. The minimum Gasteiger partial charge on any atom is -0.478 e. The predicted octanol–water partition coefficient (Wildman–Crippen LogP) is 2.93. The van der Waals surface area contributed by atoms with Crippen LogP contribution in [0.25, 0.3) is 39.5 Å². The zero-order valence-corrected chi connectivity index (χ0v) is 37.4. The number of benzene rings is 3. The first-order chi connectivity index (χ1) is 31.5. The number of fused-ring (bicyclic) bond motifs is 2. The van der Waals surface area contributed by atoms with Crippen LogP contribution in [0.15, 0.2) is 80.9 Å². The second kappa shape index (κ2) is 20.9. The maximum absolute atomic E-state index is 13.3. The molecular weight excluding hydrogens is 949 g/mol. The number of anilines is 1. The van der Waals surface area contributed by atoms with Gasteiger partial charge in [0.1, 0.15) is 23.7 Å². The number of phosphoric ester groups is 1. The van der Waals surface area contributed by atoms with Gasteiger partial charge in [-0.25, -0.2) is 23.3 Å². The van der Waals surface area contributed by atoms with Gasteiger partial charge in [0.2, 0.25) is 5.91 Å². The van der Waals surface area contributed by atoms with E-state index >= 15 is 0 Å². The second-order valence-electron chi connectivity index (χ2n) is 14.9. The number of ether oxygens (including phenoxy) is 1. The average molecular weight is 993 g/mol. The van der Waals surface area contributed by atoms with Gasteiger partial charge in [-0.2, -0.15) is 8.62 Å². The summed E-state index contributed by atoms with van der Waals surface area (Å²) in [6, 6.07) is 13.9. The fraction of sp³-hybridized carbons (Fsp3) is 0.282. The van der Waals surface area contributed by atoms with E-state index in [4.69, 9.17) is 30.1 Å². The molecule has 67 heavy (non-hydrogen) atoms. The summed E-state index contributed by atoms with van der Waals surface area (Å²) in [7, 11) is -16.9. The van der Waals surface area contributed by atoms with Crippen LogP contribution in [0.4, 0.5) is 5.69 Å². The lowest BCUT2D eigenvalue weighted by Crippen LogP contribution is -2.33. The van der Waals surface area contributed by atoms with Crippen molar-refractivity contribution in [1.82, 2.24) is 20.2 Å². The van der Waals surface area contributed by atoms with Crippen molar-refractivity contribution in [3.63, 3.8) is 0 Å². The third-order valence-corrected chi connectivity index (χ3v) is 13.7. The molecule has 1 aliphatic carbocycles. The number of hydrogen-bond donors (Lipinski definition) is 11. The molecule has 2 aliphatic heterocycles. The molecule has 0 bridgehead atoms. The molecule has 2 unspecified atom stereocenters. The van der Waals surface area contributed by atoms with E-state index in [-0.39, 0.29) is 59.4 Å². The van der Waals surface area contributed by atoms with E-state index < -0.39 is 71.6 Å². The summed E-state index contributed by atoms with van der Waals surface area (Å²) in [5.41, 5.74) is 6.40. The van der Waals surface area contributed by atoms with E-state index in [1.54, 1.807) is 30.3 Å². The Labute approximate surface area is 377 Å². The second-order valence-corrected chi connectivity index (χ2v) is 19.3. The zero-order chi connectivity index (χ0) is 48.8. The maximum atomic E-state index is 13.3. The first-order valence-electron chi connectivity index (χ1n) is 19.9. The lowest BCUT2D eigenvalue weighted by molar-refractivity contribution is -0.121. The molecular formula is C39H43N6O19P3. The van der Waals surface area contributed by atoms with E-state index in [9.17, 15) is 57.7 Å². The first kappa shape index (κ1) is 50.5. The Hall–Kier alpha value is -5.91. The number of aliphatic hydroxyl groups excluding tert-OH is 1. The minimum atomic E-state index is -5.79. The number of aromatic amines is 1. The molecule has 5 atom stereocenters. The van der Waals surface area contributed by atoms with Crippen molar-refractivity contribution in [3.8, 4) is 22.5 Å². The number of rotatable bonds is 20. The Balaban J connectivity index is 0.965. The summed E-state index contributed by atoms with van der Waals surface area (Å²) in [5, 5.41) is 34.8. The number of amides is 2. The van der Waals surface area contributed by atoms with Crippen LogP contribution in [-0.2, 0) is 36.4 Å². The molecule has 25 nitrogen and oxygen atoms in total. The predicted molar refractivity (Wildman–Crippen MR) is 234 cm³/mol. The number of unbranched alkanes of at least 4 members (excludes halogenated alkanes) is 2. The number of carbonyl (C=O) groups excluding carboxylic acids is 2. The number of carbonyl (C=O) groups is 3. The van der Waals surface area contributed by atoms with E-state index in [0.29, 0.717) is 52.8 Å². The first-order valence-corrected chi connectivity index (χ1v) is 24.4. The van der Waals surface area contributed by atoms with Crippen LogP contribution in [0.1, 0.15) is 64.6 Å². The molecule has 2 amide bonds. The molecule has 0 spiro atoms. The maximum Gasteiger partial charge on any atom is 0.490 e. The van der Waals surface area contributed by atoms with Crippen LogP contribution in [0.2, 0.25) is 0 Å². The topological polar surface area (TPSA) is 403 Å². The third kappa shape index (κ3) is 13.4. The number of hydrogen-bond acceptors (Lipinski definition) is 16. The fourth-order valence-corrected chi connectivity index (χ4v) is 9.98. The van der Waals surface area contributed by atoms with Gasteiger partial charge in [-0.1, -0.05) is 18.6 Å². The normalized spacial score (nSPS) is 18.2. The molecule has 2 aromatic carbocycles. The Bertz CT molecular complexity index is 3040. The molecule has 358 valence electrons. The SMILES string of the molecule is N=c1ccc2c(-c3cc(C(=O)NCCCCCC(=O)NC/C=C/c4cn([C@H]5C[C@@H](O)[C@@H](COP(=O)(O)OP(=O)(O)OP(=O)(O)O)O5)c(=O)[nH]c4=O)ccc3C(=O)O)c3ccc(N)cc3oc-2c1. The van der Waals surface area contributed by atoms with Gasteiger partial charge < -0.3 is 60.7 Å². The van der Waals surface area contributed by atoms with Crippen LogP contribution >= 0.6 is 23.5 Å².